The summed E-state index contributed by atoms with van der Waals surface area (Å²) >= 11 is 0. The van der Waals surface area contributed by atoms with Crippen molar-refractivity contribution >= 4 is 11.5 Å². The number of anilines is 1. The average Bonchev–Trinajstić information content (AvgIpc) is 3.10. The summed E-state index contributed by atoms with van der Waals surface area (Å²) in [7, 11) is 5.86. The van der Waals surface area contributed by atoms with Gasteiger partial charge in [0.05, 0.1) is 12.7 Å². The molecule has 5 rings (SSSR count). The van der Waals surface area contributed by atoms with Crippen molar-refractivity contribution in [1.82, 2.24) is 0 Å². The molecule has 184 valence electrons. The highest BCUT2D eigenvalue weighted by molar-refractivity contribution is 5.93. The Labute approximate surface area is 205 Å². The molecule has 2 saturated carbocycles. The van der Waals surface area contributed by atoms with Gasteiger partial charge in [-0.2, -0.15) is 0 Å². The number of carbonyl (C=O) groups is 1. The number of carbonyl (C=O) groups excluding carboxylic acids is 1. The summed E-state index contributed by atoms with van der Waals surface area (Å²) in [6.07, 6.45) is 8.45. The highest BCUT2D eigenvalue weighted by atomic mass is 16.5. The van der Waals surface area contributed by atoms with Crippen LogP contribution in [-0.4, -0.2) is 44.8 Å². The topological polar surface area (TPSA) is 49.8 Å². The minimum Gasteiger partial charge on any atom is -0.390 e. The molecule has 1 aromatic rings. The van der Waals surface area contributed by atoms with Crippen molar-refractivity contribution in [1.29, 1.82) is 0 Å². The fourth-order valence-corrected chi connectivity index (χ4v) is 8.13. The third kappa shape index (κ3) is 3.52. The second kappa shape index (κ2) is 8.64. The van der Waals surface area contributed by atoms with Gasteiger partial charge in [-0.1, -0.05) is 31.6 Å². The summed E-state index contributed by atoms with van der Waals surface area (Å²) in [5.41, 5.74) is 6.89. The van der Waals surface area contributed by atoms with Gasteiger partial charge < -0.3 is 14.7 Å². The quantitative estimate of drug-likeness (QED) is 0.612. The van der Waals surface area contributed by atoms with Gasteiger partial charge >= 0.3 is 0 Å². The third-order valence-electron chi connectivity index (χ3n) is 10.3. The average molecular weight is 464 g/mol. The van der Waals surface area contributed by atoms with Crippen LogP contribution in [-0.2, 0) is 9.53 Å². The predicted octanol–water partition coefficient (Wildman–Crippen LogP) is 5.67. The molecule has 0 aromatic heterocycles. The molecule has 34 heavy (non-hydrogen) atoms. The van der Waals surface area contributed by atoms with Crippen LogP contribution >= 0.6 is 0 Å². The number of benzene rings is 1. The van der Waals surface area contributed by atoms with Gasteiger partial charge in [0.15, 0.2) is 5.78 Å². The highest BCUT2D eigenvalue weighted by Gasteiger charge is 2.63. The van der Waals surface area contributed by atoms with Gasteiger partial charge in [-0.3, -0.25) is 4.79 Å². The lowest BCUT2D eigenvalue weighted by Gasteiger charge is -2.56. The summed E-state index contributed by atoms with van der Waals surface area (Å²) in [5, 5.41) is 11.3. The van der Waals surface area contributed by atoms with Crippen LogP contribution in [0.1, 0.15) is 70.3 Å². The van der Waals surface area contributed by atoms with Gasteiger partial charge in [-0.25, -0.2) is 0 Å². The molecule has 4 aliphatic carbocycles. The van der Waals surface area contributed by atoms with E-state index in [0.29, 0.717) is 36.6 Å². The van der Waals surface area contributed by atoms with E-state index in [9.17, 15) is 9.90 Å². The maximum Gasteiger partial charge on any atom is 0.156 e. The van der Waals surface area contributed by atoms with E-state index in [0.717, 1.165) is 32.1 Å². The molecule has 1 aromatic carbocycles. The lowest BCUT2D eigenvalue weighted by molar-refractivity contribution is -0.114. The van der Waals surface area contributed by atoms with Crippen LogP contribution in [0.3, 0.4) is 0 Å². The highest BCUT2D eigenvalue weighted by Crippen LogP contribution is 2.70. The first kappa shape index (κ1) is 23.8. The number of nitrogens with zero attached hydrogens (tertiary/aromatic N) is 1. The van der Waals surface area contributed by atoms with Gasteiger partial charge in [0.2, 0.25) is 0 Å². The van der Waals surface area contributed by atoms with Crippen molar-refractivity contribution < 1.29 is 14.6 Å². The zero-order valence-corrected chi connectivity index (χ0v) is 21.6. The Balaban J connectivity index is 1.64. The maximum atomic E-state index is 12.2. The second-order valence-electron chi connectivity index (χ2n) is 11.9. The van der Waals surface area contributed by atoms with Crippen LogP contribution in [0.4, 0.5) is 5.69 Å². The minimum atomic E-state index is -0.454. The van der Waals surface area contributed by atoms with E-state index >= 15 is 0 Å². The Morgan fingerprint density at radius 3 is 2.53 bits per heavy atom. The monoisotopic (exact) mass is 463 g/mol. The molecule has 0 spiro atoms. The van der Waals surface area contributed by atoms with Crippen LogP contribution in [0, 0.1) is 22.7 Å². The predicted molar refractivity (Wildman–Crippen MR) is 137 cm³/mol. The molecule has 0 radical (unpaired) electrons. The van der Waals surface area contributed by atoms with E-state index in [2.05, 4.69) is 57.1 Å². The smallest absolute Gasteiger partial charge is 0.156 e. The summed E-state index contributed by atoms with van der Waals surface area (Å²) in [6.45, 7) is 5.17. The standard InChI is InChI=1S/C30H41NO3/c1-29(27(33)18-34-5)15-14-26-24-12-8-20-16-22(32)11-13-23(20)28(24)25(17-30(26,29)2)19-6-9-21(10-7-19)31(3)4/h6-7,9-10,16,24-27,33H,8,11-15,17-18H2,1-5H3. The number of allylic oxidation sites excluding steroid dienone is 4. The molecule has 0 heterocycles. The van der Waals surface area contributed by atoms with Gasteiger partial charge in [0.25, 0.3) is 0 Å². The summed E-state index contributed by atoms with van der Waals surface area (Å²) in [6, 6.07) is 9.11. The summed E-state index contributed by atoms with van der Waals surface area (Å²) < 4.78 is 5.44. The first-order valence-electron chi connectivity index (χ1n) is 13.1. The zero-order valence-electron chi connectivity index (χ0n) is 21.6. The normalized spacial score (nSPS) is 35.9. The number of hydrogen-bond donors (Lipinski definition) is 1. The molecule has 4 heteroatoms. The van der Waals surface area contributed by atoms with E-state index in [1.807, 2.05) is 6.08 Å². The van der Waals surface area contributed by atoms with Gasteiger partial charge in [0.1, 0.15) is 0 Å². The van der Waals surface area contributed by atoms with Gasteiger partial charge in [0, 0.05) is 44.6 Å². The number of fused-ring (bicyclic) bond motifs is 4. The molecule has 0 saturated heterocycles. The molecule has 0 aliphatic heterocycles. The Hall–Kier alpha value is -1.91. The number of aliphatic hydroxyl groups excluding tert-OH is 1. The minimum absolute atomic E-state index is 0.0380. The molecule has 4 aliphatic rings. The lowest BCUT2D eigenvalue weighted by atomic mass is 9.48. The van der Waals surface area contributed by atoms with Crippen LogP contribution in [0.25, 0.3) is 0 Å². The van der Waals surface area contributed by atoms with E-state index < -0.39 is 6.10 Å². The Kier molecular flexibility index (Phi) is 6.05. The Morgan fingerprint density at radius 1 is 1.12 bits per heavy atom. The van der Waals surface area contributed by atoms with Crippen molar-refractivity contribution in [2.24, 2.45) is 22.7 Å². The van der Waals surface area contributed by atoms with Gasteiger partial charge in [-0.15, -0.1) is 0 Å². The number of hydrogen-bond acceptors (Lipinski definition) is 4. The molecule has 0 bridgehead atoms. The molecule has 0 amide bonds. The van der Waals surface area contributed by atoms with E-state index in [-0.39, 0.29) is 10.8 Å². The summed E-state index contributed by atoms with van der Waals surface area (Å²) in [4.78, 5) is 14.4. The fourth-order valence-electron chi connectivity index (χ4n) is 8.13. The Morgan fingerprint density at radius 2 is 1.85 bits per heavy atom. The molecular weight excluding hydrogens is 422 g/mol. The zero-order chi connectivity index (χ0) is 24.3. The first-order chi connectivity index (χ1) is 16.2. The van der Waals surface area contributed by atoms with Crippen LogP contribution in [0.15, 0.2) is 47.1 Å². The number of methoxy groups -OCH3 is 1. The van der Waals surface area contributed by atoms with Crippen LogP contribution < -0.4 is 4.90 Å². The molecular formula is C30H41NO3. The van der Waals surface area contributed by atoms with Gasteiger partial charge in [-0.05, 0) is 90.7 Å². The number of aliphatic hydroxyl groups is 1. The number of ketones is 1. The van der Waals surface area contributed by atoms with Crippen LogP contribution in [0.5, 0.6) is 0 Å². The Bertz CT molecular complexity index is 1020. The summed E-state index contributed by atoms with van der Waals surface area (Å²) in [5.74, 6) is 1.74. The molecule has 1 N–H and O–H groups in total. The van der Waals surface area contributed by atoms with E-state index in [1.165, 1.54) is 28.8 Å². The van der Waals surface area contributed by atoms with Crippen LogP contribution in [0.2, 0.25) is 0 Å². The number of ether oxygens (including phenoxy) is 1. The van der Waals surface area contributed by atoms with Crippen molar-refractivity contribution in [2.45, 2.75) is 70.8 Å². The lowest BCUT2D eigenvalue weighted by Crippen LogP contribution is -2.52. The number of rotatable bonds is 5. The maximum absolute atomic E-state index is 12.2. The molecule has 4 nitrogen and oxygen atoms in total. The van der Waals surface area contributed by atoms with Crippen molar-refractivity contribution in [2.75, 3.05) is 32.7 Å². The van der Waals surface area contributed by atoms with E-state index in [4.69, 9.17) is 4.74 Å². The van der Waals surface area contributed by atoms with Crippen molar-refractivity contribution in [3.8, 4) is 0 Å². The first-order valence-corrected chi connectivity index (χ1v) is 13.1. The largest absolute Gasteiger partial charge is 0.390 e. The third-order valence-corrected chi connectivity index (χ3v) is 10.3. The molecule has 6 atom stereocenters. The molecule has 6 unspecified atom stereocenters. The SMILES string of the molecule is COCC(O)C1(C)CCC2C3CCC4=CC(=O)CCC4=C3C(c3ccc(N(C)C)cc3)CC21C. The fraction of sp³-hybridized carbons (Fsp3) is 0.633. The van der Waals surface area contributed by atoms with Crippen molar-refractivity contribution in [3.63, 3.8) is 0 Å². The van der Waals surface area contributed by atoms with E-state index in [1.54, 1.807) is 12.7 Å². The van der Waals surface area contributed by atoms with Crippen molar-refractivity contribution in [3.05, 3.63) is 52.6 Å². The second-order valence-corrected chi connectivity index (χ2v) is 11.9. The molecule has 2 fully saturated rings.